The van der Waals surface area contributed by atoms with Crippen molar-refractivity contribution < 1.29 is 26.8 Å². The van der Waals surface area contributed by atoms with Gasteiger partial charge in [-0.3, -0.25) is 13.9 Å². The Hall–Kier alpha value is -2.43. The molecule has 2 aromatic carbocycles. The lowest BCUT2D eigenvalue weighted by Gasteiger charge is -2.30. The van der Waals surface area contributed by atoms with Crippen LogP contribution in [0.25, 0.3) is 0 Å². The van der Waals surface area contributed by atoms with Crippen molar-refractivity contribution in [2.24, 2.45) is 0 Å². The number of nitrogens with zero attached hydrogens (tertiary/aromatic N) is 2. The van der Waals surface area contributed by atoms with Crippen molar-refractivity contribution in [2.45, 2.75) is 52.2 Å². The van der Waals surface area contributed by atoms with Gasteiger partial charge < -0.3 is 10.2 Å². The first-order chi connectivity index (χ1) is 16.7. The SMILES string of the molecule is CC(C)NC(=O)C(C)N(Cc1ccc(Cl)c(Cl)c1)C(=O)CCCN(c1ccc(F)c(F)c1)S(C)(=O)=O. The highest BCUT2D eigenvalue weighted by Crippen LogP contribution is 2.25. The summed E-state index contributed by atoms with van der Waals surface area (Å²) in [6.07, 6.45) is 0.905. The topological polar surface area (TPSA) is 86.8 Å². The number of nitrogens with one attached hydrogen (secondary N) is 1. The van der Waals surface area contributed by atoms with Gasteiger partial charge >= 0.3 is 0 Å². The molecule has 2 amide bonds. The van der Waals surface area contributed by atoms with E-state index in [1.807, 2.05) is 0 Å². The summed E-state index contributed by atoms with van der Waals surface area (Å²) in [5.41, 5.74) is 0.600. The maximum atomic E-state index is 13.7. The molecule has 0 aliphatic heterocycles. The highest BCUT2D eigenvalue weighted by molar-refractivity contribution is 7.92. The summed E-state index contributed by atoms with van der Waals surface area (Å²) in [4.78, 5) is 27.2. The van der Waals surface area contributed by atoms with E-state index in [0.29, 0.717) is 15.6 Å². The van der Waals surface area contributed by atoms with E-state index in [1.165, 1.54) is 4.90 Å². The quantitative estimate of drug-likeness (QED) is 0.427. The van der Waals surface area contributed by atoms with E-state index < -0.39 is 33.6 Å². The average molecular weight is 564 g/mol. The molecule has 0 saturated heterocycles. The van der Waals surface area contributed by atoms with Crippen LogP contribution in [0.5, 0.6) is 0 Å². The Kier molecular flexibility index (Phi) is 10.5. The summed E-state index contributed by atoms with van der Waals surface area (Å²) in [5.74, 6) is -3.03. The molecule has 7 nitrogen and oxygen atoms in total. The smallest absolute Gasteiger partial charge is 0.242 e. The molecular weight excluding hydrogens is 535 g/mol. The van der Waals surface area contributed by atoms with Crippen molar-refractivity contribution in [3.05, 3.63) is 63.6 Å². The summed E-state index contributed by atoms with van der Waals surface area (Å²) in [7, 11) is -3.84. The zero-order valence-electron chi connectivity index (χ0n) is 20.4. The summed E-state index contributed by atoms with van der Waals surface area (Å²) < 4.78 is 52.5. The molecule has 1 N–H and O–H groups in total. The molecule has 0 fully saturated rings. The second-order valence-electron chi connectivity index (χ2n) is 8.65. The lowest BCUT2D eigenvalue weighted by atomic mass is 10.1. The second kappa shape index (κ2) is 12.7. The van der Waals surface area contributed by atoms with Crippen LogP contribution >= 0.6 is 23.2 Å². The lowest BCUT2D eigenvalue weighted by Crippen LogP contribution is -2.49. The zero-order chi connectivity index (χ0) is 27.2. The third-order valence-corrected chi connectivity index (χ3v) is 7.21. The molecule has 0 bridgehead atoms. The van der Waals surface area contributed by atoms with Gasteiger partial charge in [0.2, 0.25) is 21.8 Å². The third-order valence-electron chi connectivity index (χ3n) is 5.28. The van der Waals surface area contributed by atoms with Crippen LogP contribution in [0.2, 0.25) is 10.0 Å². The van der Waals surface area contributed by atoms with Crippen molar-refractivity contribution in [1.82, 2.24) is 10.2 Å². The Labute approximate surface area is 220 Å². The molecule has 0 radical (unpaired) electrons. The normalized spacial score (nSPS) is 12.4. The van der Waals surface area contributed by atoms with Crippen molar-refractivity contribution in [1.29, 1.82) is 0 Å². The van der Waals surface area contributed by atoms with Gasteiger partial charge in [0.25, 0.3) is 0 Å². The van der Waals surface area contributed by atoms with Gasteiger partial charge in [0.15, 0.2) is 11.6 Å². The van der Waals surface area contributed by atoms with Crippen molar-refractivity contribution in [3.8, 4) is 0 Å². The van der Waals surface area contributed by atoms with Gasteiger partial charge in [0, 0.05) is 31.6 Å². The number of hydrogen-bond donors (Lipinski definition) is 1. The number of anilines is 1. The molecule has 0 aromatic heterocycles. The van der Waals surface area contributed by atoms with Crippen molar-refractivity contribution in [3.63, 3.8) is 0 Å². The standard InChI is InChI=1S/C24H29Cl2F2N3O4S/c1-15(2)29-24(33)16(3)30(14-17-7-9-19(25)20(26)12-17)23(32)6-5-11-31(36(4,34)35)18-8-10-21(27)22(28)13-18/h7-10,12-13,15-16H,5-6,11,14H2,1-4H3,(H,29,33). The number of benzene rings is 2. The van der Waals surface area contributed by atoms with Crippen molar-refractivity contribution >= 4 is 50.7 Å². The molecule has 198 valence electrons. The lowest BCUT2D eigenvalue weighted by molar-refractivity contribution is -0.140. The van der Waals surface area contributed by atoms with E-state index in [-0.39, 0.29) is 43.6 Å². The minimum atomic E-state index is -3.84. The molecule has 0 saturated carbocycles. The van der Waals surface area contributed by atoms with Crippen LogP contribution < -0.4 is 9.62 Å². The molecule has 0 spiro atoms. The number of carbonyl (C=O) groups excluding carboxylic acids is 2. The summed E-state index contributed by atoms with van der Waals surface area (Å²) in [6.45, 7) is 5.11. The van der Waals surface area contributed by atoms with Gasteiger partial charge in [-0.1, -0.05) is 29.3 Å². The van der Waals surface area contributed by atoms with E-state index in [9.17, 15) is 26.8 Å². The highest BCUT2D eigenvalue weighted by atomic mass is 35.5. The number of carbonyl (C=O) groups is 2. The second-order valence-corrected chi connectivity index (χ2v) is 11.4. The largest absolute Gasteiger partial charge is 0.352 e. The molecule has 36 heavy (non-hydrogen) atoms. The van der Waals surface area contributed by atoms with Gasteiger partial charge in [-0.25, -0.2) is 17.2 Å². The fourth-order valence-electron chi connectivity index (χ4n) is 3.47. The minimum Gasteiger partial charge on any atom is -0.352 e. The first-order valence-corrected chi connectivity index (χ1v) is 13.8. The van der Waals surface area contributed by atoms with Gasteiger partial charge in [0.05, 0.1) is 22.0 Å². The van der Waals surface area contributed by atoms with Crippen molar-refractivity contribution in [2.75, 3.05) is 17.1 Å². The minimum absolute atomic E-state index is 0.0545. The van der Waals surface area contributed by atoms with Gasteiger partial charge in [0.1, 0.15) is 6.04 Å². The first kappa shape index (κ1) is 29.8. The Morgan fingerprint density at radius 2 is 1.67 bits per heavy atom. The van der Waals surface area contributed by atoms with E-state index in [0.717, 1.165) is 28.8 Å². The third kappa shape index (κ3) is 8.31. The first-order valence-electron chi connectivity index (χ1n) is 11.2. The maximum Gasteiger partial charge on any atom is 0.242 e. The molecule has 0 aliphatic rings. The molecule has 0 aliphatic carbocycles. The number of sulfonamides is 1. The molecular formula is C24H29Cl2F2N3O4S. The summed E-state index contributed by atoms with van der Waals surface area (Å²) in [6, 6.07) is 6.69. The number of rotatable bonds is 11. The van der Waals surface area contributed by atoms with Gasteiger partial charge in [-0.2, -0.15) is 0 Å². The summed E-state index contributed by atoms with van der Waals surface area (Å²) >= 11 is 12.1. The number of hydrogen-bond acceptors (Lipinski definition) is 4. The van der Waals surface area contributed by atoms with Crippen LogP contribution in [-0.2, 0) is 26.2 Å². The van der Waals surface area contributed by atoms with Crippen LogP contribution in [0.1, 0.15) is 39.2 Å². The van der Waals surface area contributed by atoms with Crippen LogP contribution in [-0.4, -0.2) is 50.0 Å². The van der Waals surface area contributed by atoms with Gasteiger partial charge in [-0.05, 0) is 57.0 Å². The van der Waals surface area contributed by atoms with Crippen LogP contribution in [0.15, 0.2) is 36.4 Å². The van der Waals surface area contributed by atoms with E-state index in [4.69, 9.17) is 23.2 Å². The van der Waals surface area contributed by atoms with Crippen LogP contribution in [0.3, 0.4) is 0 Å². The molecule has 1 atom stereocenters. The van der Waals surface area contributed by atoms with E-state index in [1.54, 1.807) is 39.0 Å². The Morgan fingerprint density at radius 3 is 2.22 bits per heavy atom. The highest BCUT2D eigenvalue weighted by Gasteiger charge is 2.27. The maximum absolute atomic E-state index is 13.7. The van der Waals surface area contributed by atoms with Crippen LogP contribution in [0.4, 0.5) is 14.5 Å². The summed E-state index contributed by atoms with van der Waals surface area (Å²) in [5, 5.41) is 3.43. The number of halogens is 4. The molecule has 1 unspecified atom stereocenters. The van der Waals surface area contributed by atoms with E-state index in [2.05, 4.69) is 5.32 Å². The average Bonchev–Trinajstić information content (AvgIpc) is 2.77. The van der Waals surface area contributed by atoms with Gasteiger partial charge in [-0.15, -0.1) is 0 Å². The molecule has 0 heterocycles. The van der Waals surface area contributed by atoms with E-state index >= 15 is 0 Å². The number of amides is 2. The molecule has 2 aromatic rings. The Bertz CT molecular complexity index is 1210. The zero-order valence-corrected chi connectivity index (χ0v) is 22.7. The molecule has 2 rings (SSSR count). The predicted molar refractivity (Wildman–Crippen MR) is 138 cm³/mol. The monoisotopic (exact) mass is 563 g/mol. The molecule has 12 heteroatoms. The Morgan fingerprint density at radius 1 is 1.00 bits per heavy atom. The fourth-order valence-corrected chi connectivity index (χ4v) is 4.74. The Balaban J connectivity index is 2.21. The fraction of sp³-hybridized carbons (Fsp3) is 0.417. The van der Waals surface area contributed by atoms with Crippen LogP contribution in [0, 0.1) is 11.6 Å². The predicted octanol–water partition coefficient (Wildman–Crippen LogP) is 4.76.